The SMILES string of the molecule is [CH2]CCCCCCCCCOOC(=O)c1ccc(C)cc1. The van der Waals surface area contributed by atoms with Crippen molar-refractivity contribution in [3.8, 4) is 0 Å². The zero-order chi connectivity index (χ0) is 15.3. The first kappa shape index (κ1) is 17.7. The Morgan fingerprint density at radius 3 is 2.14 bits per heavy atom. The highest BCUT2D eigenvalue weighted by molar-refractivity contribution is 5.88. The predicted molar refractivity (Wildman–Crippen MR) is 84.8 cm³/mol. The average Bonchev–Trinajstić information content (AvgIpc) is 2.49. The van der Waals surface area contributed by atoms with E-state index in [1.54, 1.807) is 12.1 Å². The fourth-order valence-electron chi connectivity index (χ4n) is 2.05. The van der Waals surface area contributed by atoms with Crippen LogP contribution >= 0.6 is 0 Å². The van der Waals surface area contributed by atoms with Crippen molar-refractivity contribution in [2.75, 3.05) is 6.61 Å². The summed E-state index contributed by atoms with van der Waals surface area (Å²) >= 11 is 0. The minimum atomic E-state index is -0.428. The van der Waals surface area contributed by atoms with Crippen molar-refractivity contribution < 1.29 is 14.6 Å². The second-order valence-electron chi connectivity index (χ2n) is 5.39. The first-order valence-electron chi connectivity index (χ1n) is 7.93. The topological polar surface area (TPSA) is 35.5 Å². The van der Waals surface area contributed by atoms with Gasteiger partial charge in [-0.1, -0.05) is 69.6 Å². The maximum Gasteiger partial charge on any atom is 0.373 e. The summed E-state index contributed by atoms with van der Waals surface area (Å²) in [6.07, 6.45) is 9.38. The van der Waals surface area contributed by atoms with Crippen molar-refractivity contribution >= 4 is 5.97 Å². The molecule has 0 fully saturated rings. The molecule has 0 N–H and O–H groups in total. The van der Waals surface area contributed by atoms with Crippen LogP contribution in [0.15, 0.2) is 24.3 Å². The third-order valence-electron chi connectivity index (χ3n) is 3.40. The molecular weight excluding hydrogens is 264 g/mol. The molecule has 1 aromatic carbocycles. The van der Waals surface area contributed by atoms with Gasteiger partial charge in [-0.3, -0.25) is 4.89 Å². The fourth-order valence-corrected chi connectivity index (χ4v) is 2.05. The van der Waals surface area contributed by atoms with Crippen LogP contribution < -0.4 is 0 Å². The molecule has 0 bridgehead atoms. The molecule has 3 nitrogen and oxygen atoms in total. The van der Waals surface area contributed by atoms with Gasteiger partial charge in [0.15, 0.2) is 0 Å². The van der Waals surface area contributed by atoms with Gasteiger partial charge in [-0.05, 0) is 25.5 Å². The lowest BCUT2D eigenvalue weighted by Gasteiger charge is -2.04. The summed E-state index contributed by atoms with van der Waals surface area (Å²) in [6, 6.07) is 7.25. The van der Waals surface area contributed by atoms with E-state index in [9.17, 15) is 4.79 Å². The van der Waals surface area contributed by atoms with Crippen molar-refractivity contribution in [3.05, 3.63) is 42.3 Å². The Labute approximate surface area is 128 Å². The van der Waals surface area contributed by atoms with E-state index in [-0.39, 0.29) is 0 Å². The molecule has 0 saturated heterocycles. The van der Waals surface area contributed by atoms with Crippen molar-refractivity contribution in [3.63, 3.8) is 0 Å². The highest BCUT2D eigenvalue weighted by Crippen LogP contribution is 2.09. The molecule has 0 spiro atoms. The summed E-state index contributed by atoms with van der Waals surface area (Å²) in [4.78, 5) is 21.4. The monoisotopic (exact) mass is 291 g/mol. The van der Waals surface area contributed by atoms with Crippen molar-refractivity contribution in [1.82, 2.24) is 0 Å². The van der Waals surface area contributed by atoms with Gasteiger partial charge in [0.25, 0.3) is 0 Å². The Kier molecular flexibility index (Phi) is 9.55. The van der Waals surface area contributed by atoms with E-state index in [1.807, 2.05) is 19.1 Å². The van der Waals surface area contributed by atoms with E-state index in [1.165, 1.54) is 32.1 Å². The molecule has 0 aliphatic carbocycles. The lowest BCUT2D eigenvalue weighted by atomic mass is 10.1. The first-order chi connectivity index (χ1) is 10.2. The normalized spacial score (nSPS) is 10.6. The van der Waals surface area contributed by atoms with Gasteiger partial charge in [-0.2, -0.15) is 4.89 Å². The number of aryl methyl sites for hydroxylation is 1. The molecule has 0 saturated carbocycles. The van der Waals surface area contributed by atoms with E-state index in [4.69, 9.17) is 9.78 Å². The standard InChI is InChI=1S/C18H27O3/c1-3-4-5-6-7-8-9-10-15-20-21-18(19)17-13-11-16(2)12-14-17/h11-14H,1,3-10,15H2,2H3. The highest BCUT2D eigenvalue weighted by atomic mass is 17.2. The quantitative estimate of drug-likeness (QED) is 0.325. The summed E-state index contributed by atoms with van der Waals surface area (Å²) < 4.78 is 0. The maximum atomic E-state index is 11.6. The molecule has 0 unspecified atom stereocenters. The van der Waals surface area contributed by atoms with Crippen LogP contribution in [0, 0.1) is 13.8 Å². The van der Waals surface area contributed by atoms with E-state index in [0.717, 1.165) is 24.8 Å². The van der Waals surface area contributed by atoms with Gasteiger partial charge in [0.05, 0.1) is 12.2 Å². The molecule has 3 heteroatoms. The van der Waals surface area contributed by atoms with E-state index in [0.29, 0.717) is 12.2 Å². The third-order valence-corrected chi connectivity index (χ3v) is 3.40. The molecule has 0 amide bonds. The van der Waals surface area contributed by atoms with Crippen LogP contribution in [-0.4, -0.2) is 12.6 Å². The molecule has 0 aromatic heterocycles. The Bertz CT molecular complexity index is 384. The van der Waals surface area contributed by atoms with Crippen molar-refractivity contribution in [2.24, 2.45) is 0 Å². The second-order valence-corrected chi connectivity index (χ2v) is 5.39. The summed E-state index contributed by atoms with van der Waals surface area (Å²) in [5.41, 5.74) is 1.63. The Morgan fingerprint density at radius 2 is 1.52 bits per heavy atom. The first-order valence-corrected chi connectivity index (χ1v) is 7.93. The molecule has 117 valence electrons. The van der Waals surface area contributed by atoms with Gasteiger partial charge in [-0.15, -0.1) is 0 Å². The van der Waals surface area contributed by atoms with Gasteiger partial charge < -0.3 is 0 Å². The minimum absolute atomic E-state index is 0.428. The van der Waals surface area contributed by atoms with Crippen LogP contribution in [0.1, 0.15) is 67.3 Å². The van der Waals surface area contributed by atoms with Gasteiger partial charge >= 0.3 is 5.97 Å². The molecule has 0 atom stereocenters. The Morgan fingerprint density at radius 1 is 0.952 bits per heavy atom. The molecule has 1 radical (unpaired) electrons. The van der Waals surface area contributed by atoms with Crippen molar-refractivity contribution in [2.45, 2.75) is 58.3 Å². The summed E-state index contributed by atoms with van der Waals surface area (Å²) in [5.74, 6) is -0.428. The molecule has 1 rings (SSSR count). The number of hydrogen-bond donors (Lipinski definition) is 0. The molecule has 0 aliphatic heterocycles. The Balaban J connectivity index is 1.96. The largest absolute Gasteiger partial charge is 0.373 e. The summed E-state index contributed by atoms with van der Waals surface area (Å²) in [6.45, 7) is 6.28. The lowest BCUT2D eigenvalue weighted by molar-refractivity contribution is -0.241. The summed E-state index contributed by atoms with van der Waals surface area (Å²) in [7, 11) is 0. The molecule has 1 aromatic rings. The minimum Gasteiger partial charge on any atom is -0.293 e. The number of unbranched alkanes of at least 4 members (excludes halogenated alkanes) is 7. The van der Waals surface area contributed by atoms with Gasteiger partial charge in [0.1, 0.15) is 0 Å². The number of hydrogen-bond acceptors (Lipinski definition) is 3. The fraction of sp³-hybridized carbons (Fsp3) is 0.556. The molecule has 21 heavy (non-hydrogen) atoms. The van der Waals surface area contributed by atoms with Crippen LogP contribution in [0.5, 0.6) is 0 Å². The number of benzene rings is 1. The Hall–Kier alpha value is -1.35. The number of carbonyl (C=O) groups excluding carboxylic acids is 1. The van der Waals surface area contributed by atoms with Crippen LogP contribution in [0.2, 0.25) is 0 Å². The lowest BCUT2D eigenvalue weighted by Crippen LogP contribution is -2.07. The smallest absolute Gasteiger partial charge is 0.293 e. The van der Waals surface area contributed by atoms with Gasteiger partial charge in [-0.25, -0.2) is 4.79 Å². The molecule has 0 heterocycles. The molecule has 0 aliphatic rings. The molecular formula is C18H27O3. The number of rotatable bonds is 11. The van der Waals surface area contributed by atoms with Gasteiger partial charge in [0.2, 0.25) is 0 Å². The number of carbonyl (C=O) groups is 1. The zero-order valence-electron chi connectivity index (χ0n) is 13.1. The van der Waals surface area contributed by atoms with Crippen molar-refractivity contribution in [1.29, 1.82) is 0 Å². The van der Waals surface area contributed by atoms with E-state index >= 15 is 0 Å². The second kappa shape index (κ2) is 11.3. The van der Waals surface area contributed by atoms with Gasteiger partial charge in [0, 0.05) is 0 Å². The van der Waals surface area contributed by atoms with Crippen LogP contribution in [0.25, 0.3) is 0 Å². The van der Waals surface area contributed by atoms with Crippen LogP contribution in [-0.2, 0) is 9.78 Å². The zero-order valence-corrected chi connectivity index (χ0v) is 13.1. The predicted octanol–water partition coefficient (Wildman–Crippen LogP) is 5.04. The third kappa shape index (κ3) is 8.51. The van der Waals surface area contributed by atoms with E-state index < -0.39 is 5.97 Å². The highest BCUT2D eigenvalue weighted by Gasteiger charge is 2.07. The van der Waals surface area contributed by atoms with Crippen LogP contribution in [0.4, 0.5) is 0 Å². The average molecular weight is 291 g/mol. The summed E-state index contributed by atoms with van der Waals surface area (Å²) in [5, 5.41) is 0. The maximum absolute atomic E-state index is 11.6. The van der Waals surface area contributed by atoms with E-state index in [2.05, 4.69) is 6.92 Å². The van der Waals surface area contributed by atoms with Crippen LogP contribution in [0.3, 0.4) is 0 Å².